The van der Waals surface area contributed by atoms with Crippen molar-refractivity contribution in [3.63, 3.8) is 0 Å². The summed E-state index contributed by atoms with van der Waals surface area (Å²) in [4.78, 5) is 30.6. The molecule has 2 aliphatic carbocycles. The number of carbonyl (C=O) groups is 1. The van der Waals surface area contributed by atoms with Crippen LogP contribution in [0, 0.1) is 29.1 Å². The molecule has 1 saturated carbocycles. The summed E-state index contributed by atoms with van der Waals surface area (Å²) in [6.45, 7) is 4.02. The molecule has 1 heterocycles. The van der Waals surface area contributed by atoms with Crippen LogP contribution in [0.25, 0.3) is 11.4 Å². The monoisotopic (exact) mass is 361 g/mol. The van der Waals surface area contributed by atoms with E-state index in [4.69, 9.17) is 4.98 Å². The number of carbonyl (C=O) groups excluding carboxylic acids is 1. The molecule has 0 amide bonds. The Bertz CT molecular complexity index is 1020. The van der Waals surface area contributed by atoms with Gasteiger partial charge in [0.2, 0.25) is 0 Å². The van der Waals surface area contributed by atoms with Crippen molar-refractivity contribution in [1.29, 1.82) is 5.26 Å². The molecule has 1 fully saturated rings. The lowest BCUT2D eigenvalue weighted by atomic mass is 9.54. The van der Waals surface area contributed by atoms with E-state index in [0.29, 0.717) is 18.7 Å². The number of hydrogen-bond donors (Lipinski definition) is 0. The SMILES string of the molecule is C[C@@H]1C(=O)C(C#N)C[C@]2(C)c3nc(-c4ccccc4)n(C)c(=O)c3CC[C@@H]12. The third-order valence-electron chi connectivity index (χ3n) is 6.66. The van der Waals surface area contributed by atoms with Crippen molar-refractivity contribution < 1.29 is 4.79 Å². The fraction of sp³-hybridized carbons (Fsp3) is 0.455. The summed E-state index contributed by atoms with van der Waals surface area (Å²) in [5.41, 5.74) is 1.98. The highest BCUT2D eigenvalue weighted by molar-refractivity contribution is 5.87. The molecule has 0 bridgehead atoms. The first kappa shape index (κ1) is 17.7. The summed E-state index contributed by atoms with van der Waals surface area (Å²) in [7, 11) is 1.76. The normalized spacial score (nSPS) is 29.6. The van der Waals surface area contributed by atoms with Gasteiger partial charge in [-0.15, -0.1) is 0 Å². The van der Waals surface area contributed by atoms with Crippen LogP contribution in [0.5, 0.6) is 0 Å². The molecule has 1 aromatic carbocycles. The lowest BCUT2D eigenvalue weighted by Crippen LogP contribution is -2.52. The molecule has 0 N–H and O–H groups in total. The van der Waals surface area contributed by atoms with Crippen molar-refractivity contribution in [3.8, 4) is 17.5 Å². The number of aromatic nitrogens is 2. The van der Waals surface area contributed by atoms with Gasteiger partial charge in [-0.1, -0.05) is 44.2 Å². The number of rotatable bonds is 1. The molecule has 5 nitrogen and oxygen atoms in total. The Kier molecular flexibility index (Phi) is 4.03. The van der Waals surface area contributed by atoms with E-state index in [1.165, 1.54) is 0 Å². The Hall–Kier alpha value is -2.74. The zero-order valence-corrected chi connectivity index (χ0v) is 15.9. The zero-order valence-electron chi connectivity index (χ0n) is 15.9. The van der Waals surface area contributed by atoms with E-state index in [-0.39, 0.29) is 23.2 Å². The highest BCUT2D eigenvalue weighted by Crippen LogP contribution is 2.51. The van der Waals surface area contributed by atoms with Gasteiger partial charge in [-0.25, -0.2) is 4.98 Å². The second-order valence-electron chi connectivity index (χ2n) is 8.13. The fourth-order valence-electron chi connectivity index (χ4n) is 5.18. The summed E-state index contributed by atoms with van der Waals surface area (Å²) < 4.78 is 1.62. The molecule has 138 valence electrons. The Morgan fingerprint density at radius 1 is 1.26 bits per heavy atom. The van der Waals surface area contributed by atoms with Crippen LogP contribution in [0.15, 0.2) is 35.1 Å². The highest BCUT2D eigenvalue weighted by atomic mass is 16.1. The molecule has 4 atom stereocenters. The van der Waals surface area contributed by atoms with E-state index in [0.717, 1.165) is 23.2 Å². The summed E-state index contributed by atoms with van der Waals surface area (Å²) in [5, 5.41) is 9.51. The molecule has 2 aromatic rings. The van der Waals surface area contributed by atoms with E-state index in [2.05, 4.69) is 13.0 Å². The standard InChI is InChI=1S/C22H23N3O2/c1-13-17-10-9-16-19(22(17,2)11-15(12-23)18(13)26)24-20(25(3)21(16)27)14-7-5-4-6-8-14/h4-8,13,15,17H,9-11H2,1-3H3/t13-,15?,17-,22-/m0/s1. The molecule has 4 rings (SSSR count). The lowest BCUT2D eigenvalue weighted by Gasteiger charge is -2.49. The van der Waals surface area contributed by atoms with Gasteiger partial charge in [0.05, 0.1) is 11.8 Å². The van der Waals surface area contributed by atoms with Gasteiger partial charge in [0.25, 0.3) is 5.56 Å². The van der Waals surface area contributed by atoms with Crippen LogP contribution < -0.4 is 5.56 Å². The first-order valence-electron chi connectivity index (χ1n) is 9.47. The maximum atomic E-state index is 13.1. The molecule has 1 unspecified atom stereocenters. The zero-order chi connectivity index (χ0) is 19.3. The summed E-state index contributed by atoms with van der Waals surface area (Å²) >= 11 is 0. The van der Waals surface area contributed by atoms with Gasteiger partial charge in [-0.2, -0.15) is 5.26 Å². The molecule has 2 aliphatic rings. The fourth-order valence-corrected chi connectivity index (χ4v) is 5.18. The van der Waals surface area contributed by atoms with Crippen LogP contribution in [0.1, 0.15) is 37.9 Å². The maximum Gasteiger partial charge on any atom is 0.256 e. The van der Waals surface area contributed by atoms with Crippen molar-refractivity contribution in [1.82, 2.24) is 9.55 Å². The number of ketones is 1. The van der Waals surface area contributed by atoms with Crippen LogP contribution in [0.4, 0.5) is 0 Å². The Balaban J connectivity index is 1.95. The third kappa shape index (κ3) is 2.47. The van der Waals surface area contributed by atoms with Crippen LogP contribution in [0.3, 0.4) is 0 Å². The number of nitrogens with zero attached hydrogens (tertiary/aromatic N) is 3. The first-order valence-corrected chi connectivity index (χ1v) is 9.47. The van der Waals surface area contributed by atoms with Crippen molar-refractivity contribution in [2.24, 2.45) is 24.8 Å². The number of fused-ring (bicyclic) bond motifs is 3. The van der Waals surface area contributed by atoms with Crippen molar-refractivity contribution >= 4 is 5.78 Å². The molecule has 0 saturated heterocycles. The van der Waals surface area contributed by atoms with Gasteiger partial charge < -0.3 is 0 Å². The highest BCUT2D eigenvalue weighted by Gasteiger charge is 2.53. The number of nitriles is 1. The molecule has 1 aromatic heterocycles. The second-order valence-corrected chi connectivity index (χ2v) is 8.13. The molecule has 5 heteroatoms. The molecule has 0 spiro atoms. The average molecular weight is 361 g/mol. The minimum absolute atomic E-state index is 0.0170. The van der Waals surface area contributed by atoms with Crippen LogP contribution in [-0.4, -0.2) is 15.3 Å². The van der Waals surface area contributed by atoms with Crippen molar-refractivity contribution in [2.45, 2.75) is 38.5 Å². The predicted molar refractivity (Wildman–Crippen MR) is 102 cm³/mol. The van der Waals surface area contributed by atoms with Gasteiger partial charge in [0, 0.05) is 29.5 Å². The largest absolute Gasteiger partial charge is 0.298 e. The average Bonchev–Trinajstić information content (AvgIpc) is 2.68. The summed E-state index contributed by atoms with van der Waals surface area (Å²) in [6, 6.07) is 11.9. The lowest BCUT2D eigenvalue weighted by molar-refractivity contribution is -0.132. The molecule has 0 aliphatic heterocycles. The van der Waals surface area contributed by atoms with E-state index < -0.39 is 11.3 Å². The minimum Gasteiger partial charge on any atom is -0.298 e. The second kappa shape index (κ2) is 6.16. The Morgan fingerprint density at radius 2 is 1.96 bits per heavy atom. The number of hydrogen-bond acceptors (Lipinski definition) is 4. The third-order valence-corrected chi connectivity index (χ3v) is 6.66. The molecule has 27 heavy (non-hydrogen) atoms. The molecular weight excluding hydrogens is 338 g/mol. The maximum absolute atomic E-state index is 13.1. The van der Waals surface area contributed by atoms with Gasteiger partial charge in [-0.3, -0.25) is 14.2 Å². The van der Waals surface area contributed by atoms with Crippen molar-refractivity contribution in [2.75, 3.05) is 0 Å². The quantitative estimate of drug-likeness (QED) is 0.782. The number of benzene rings is 1. The predicted octanol–water partition coefficient (Wildman–Crippen LogP) is 3.02. The number of Topliss-reactive ketones (excluding diaryl/α,β-unsaturated/α-hetero) is 1. The van der Waals surface area contributed by atoms with Gasteiger partial charge in [0.15, 0.2) is 5.78 Å². The summed E-state index contributed by atoms with van der Waals surface area (Å²) in [5.74, 6) is -0.0222. The van der Waals surface area contributed by atoms with Gasteiger partial charge in [-0.05, 0) is 25.2 Å². The van der Waals surface area contributed by atoms with Gasteiger partial charge in [0.1, 0.15) is 11.7 Å². The topological polar surface area (TPSA) is 75.8 Å². The van der Waals surface area contributed by atoms with Crippen LogP contribution in [0.2, 0.25) is 0 Å². The minimum atomic E-state index is -0.627. The van der Waals surface area contributed by atoms with Gasteiger partial charge >= 0.3 is 0 Å². The van der Waals surface area contributed by atoms with E-state index in [9.17, 15) is 14.9 Å². The molecule has 0 radical (unpaired) electrons. The first-order chi connectivity index (χ1) is 12.9. The Morgan fingerprint density at radius 3 is 2.63 bits per heavy atom. The van der Waals surface area contributed by atoms with E-state index in [1.807, 2.05) is 37.3 Å². The van der Waals surface area contributed by atoms with E-state index >= 15 is 0 Å². The van der Waals surface area contributed by atoms with E-state index in [1.54, 1.807) is 11.6 Å². The Labute approximate surface area is 158 Å². The summed E-state index contributed by atoms with van der Waals surface area (Å²) in [6.07, 6.45) is 1.87. The molecular formula is C22H23N3O2. The van der Waals surface area contributed by atoms with Crippen LogP contribution in [-0.2, 0) is 23.7 Å². The van der Waals surface area contributed by atoms with Crippen molar-refractivity contribution in [3.05, 3.63) is 51.9 Å². The van der Waals surface area contributed by atoms with Crippen LogP contribution >= 0.6 is 0 Å². The smallest absolute Gasteiger partial charge is 0.256 e.